The summed E-state index contributed by atoms with van der Waals surface area (Å²) in [5.74, 6) is -0.491. The molecule has 1 aromatic rings. The lowest BCUT2D eigenvalue weighted by atomic mass is 10.1. The van der Waals surface area contributed by atoms with Crippen LogP contribution in [-0.2, 0) is 9.47 Å². The quantitative estimate of drug-likeness (QED) is 0.501. The number of nitrogens with zero attached hydrogens (tertiary/aromatic N) is 1. The van der Waals surface area contributed by atoms with Crippen LogP contribution in [0, 0.1) is 0 Å². The first kappa shape index (κ1) is 17.3. The van der Waals surface area contributed by atoms with Crippen LogP contribution < -0.4 is 16.4 Å². The van der Waals surface area contributed by atoms with E-state index in [0.717, 1.165) is 0 Å². The number of ether oxygens (including phenoxy) is 2. The van der Waals surface area contributed by atoms with Crippen molar-refractivity contribution in [3.05, 3.63) is 23.8 Å². The molecular formula is C15H25N3O3. The zero-order valence-corrected chi connectivity index (χ0v) is 12.8. The van der Waals surface area contributed by atoms with E-state index in [2.05, 4.69) is 0 Å². The molecule has 6 nitrogen and oxygen atoms in total. The summed E-state index contributed by atoms with van der Waals surface area (Å²) in [6.07, 6.45) is 0. The van der Waals surface area contributed by atoms with Crippen LogP contribution in [0.4, 0.5) is 11.4 Å². The molecule has 0 aromatic heterocycles. The molecule has 1 rings (SSSR count). The van der Waals surface area contributed by atoms with Crippen LogP contribution >= 0.6 is 0 Å². The van der Waals surface area contributed by atoms with Crippen molar-refractivity contribution in [1.29, 1.82) is 0 Å². The van der Waals surface area contributed by atoms with Gasteiger partial charge in [0, 0.05) is 26.3 Å². The molecule has 0 bridgehead atoms. The van der Waals surface area contributed by atoms with E-state index in [1.165, 1.54) is 0 Å². The van der Waals surface area contributed by atoms with Crippen LogP contribution in [0.5, 0.6) is 0 Å². The van der Waals surface area contributed by atoms with Crippen molar-refractivity contribution in [3.63, 3.8) is 0 Å². The summed E-state index contributed by atoms with van der Waals surface area (Å²) < 4.78 is 10.8. The Hall–Kier alpha value is -1.79. The van der Waals surface area contributed by atoms with Crippen molar-refractivity contribution in [3.8, 4) is 0 Å². The number of benzene rings is 1. The van der Waals surface area contributed by atoms with Crippen LogP contribution in [0.2, 0.25) is 0 Å². The van der Waals surface area contributed by atoms with Crippen molar-refractivity contribution in [1.82, 2.24) is 0 Å². The Kier molecular flexibility index (Phi) is 7.56. The fourth-order valence-corrected chi connectivity index (χ4v) is 2.09. The number of primary amides is 1. The molecule has 0 saturated carbocycles. The van der Waals surface area contributed by atoms with E-state index in [1.807, 2.05) is 18.7 Å². The average Bonchev–Trinajstić information content (AvgIpc) is 2.46. The summed E-state index contributed by atoms with van der Waals surface area (Å²) in [5, 5.41) is 0. The number of rotatable bonds is 10. The van der Waals surface area contributed by atoms with Crippen LogP contribution in [0.1, 0.15) is 24.2 Å². The molecule has 0 radical (unpaired) electrons. The lowest BCUT2D eigenvalue weighted by Crippen LogP contribution is -2.33. The van der Waals surface area contributed by atoms with E-state index in [-0.39, 0.29) is 0 Å². The molecule has 0 atom stereocenters. The van der Waals surface area contributed by atoms with Gasteiger partial charge >= 0.3 is 0 Å². The molecule has 1 amide bonds. The van der Waals surface area contributed by atoms with Gasteiger partial charge in [0.25, 0.3) is 5.91 Å². The molecule has 0 saturated heterocycles. The molecule has 21 heavy (non-hydrogen) atoms. The van der Waals surface area contributed by atoms with E-state index in [9.17, 15) is 4.79 Å². The Balaban J connectivity index is 2.97. The highest BCUT2D eigenvalue weighted by molar-refractivity contribution is 6.01. The molecular weight excluding hydrogens is 270 g/mol. The van der Waals surface area contributed by atoms with E-state index < -0.39 is 5.91 Å². The number of carbonyl (C=O) groups is 1. The number of nitrogen functional groups attached to an aromatic ring is 1. The molecule has 0 unspecified atom stereocenters. The molecule has 0 fully saturated rings. The van der Waals surface area contributed by atoms with Gasteiger partial charge < -0.3 is 25.8 Å². The Morgan fingerprint density at radius 3 is 2.19 bits per heavy atom. The maximum atomic E-state index is 11.6. The van der Waals surface area contributed by atoms with Crippen molar-refractivity contribution >= 4 is 17.3 Å². The van der Waals surface area contributed by atoms with Gasteiger partial charge in [-0.05, 0) is 26.0 Å². The SMILES string of the molecule is CCOCCN(CCOCC)c1c(N)cccc1C(N)=O. The van der Waals surface area contributed by atoms with Gasteiger partial charge in [0.1, 0.15) is 0 Å². The monoisotopic (exact) mass is 295 g/mol. The molecule has 0 aliphatic carbocycles. The van der Waals surface area contributed by atoms with Gasteiger partial charge in [0.2, 0.25) is 0 Å². The van der Waals surface area contributed by atoms with E-state index in [1.54, 1.807) is 18.2 Å². The normalized spacial score (nSPS) is 10.6. The smallest absolute Gasteiger partial charge is 0.250 e. The Morgan fingerprint density at radius 1 is 1.14 bits per heavy atom. The van der Waals surface area contributed by atoms with Gasteiger partial charge in [-0.25, -0.2) is 0 Å². The van der Waals surface area contributed by atoms with E-state index in [0.29, 0.717) is 56.5 Å². The largest absolute Gasteiger partial charge is 0.397 e. The number of hydrogen-bond acceptors (Lipinski definition) is 5. The van der Waals surface area contributed by atoms with Crippen molar-refractivity contribution in [2.45, 2.75) is 13.8 Å². The first-order valence-electron chi connectivity index (χ1n) is 7.20. The molecule has 0 spiro atoms. The summed E-state index contributed by atoms with van der Waals surface area (Å²) in [4.78, 5) is 13.6. The maximum Gasteiger partial charge on any atom is 0.250 e. The third kappa shape index (κ3) is 5.24. The zero-order valence-electron chi connectivity index (χ0n) is 12.8. The second kappa shape index (κ2) is 9.20. The van der Waals surface area contributed by atoms with Crippen LogP contribution in [-0.4, -0.2) is 45.4 Å². The number of carbonyl (C=O) groups excluding carboxylic acids is 1. The highest BCUT2D eigenvalue weighted by Gasteiger charge is 2.17. The minimum atomic E-state index is -0.491. The van der Waals surface area contributed by atoms with Crippen molar-refractivity contribution in [2.24, 2.45) is 5.73 Å². The molecule has 1 aromatic carbocycles. The second-order valence-corrected chi connectivity index (χ2v) is 4.49. The Bertz CT molecular complexity index is 442. The fourth-order valence-electron chi connectivity index (χ4n) is 2.09. The number of amides is 1. The summed E-state index contributed by atoms with van der Waals surface area (Å²) in [6, 6.07) is 5.17. The first-order valence-corrected chi connectivity index (χ1v) is 7.20. The zero-order chi connectivity index (χ0) is 15.7. The van der Waals surface area contributed by atoms with Gasteiger partial charge in [-0.1, -0.05) is 6.07 Å². The minimum Gasteiger partial charge on any atom is -0.397 e. The average molecular weight is 295 g/mol. The summed E-state index contributed by atoms with van der Waals surface area (Å²) in [7, 11) is 0. The lowest BCUT2D eigenvalue weighted by Gasteiger charge is -2.27. The molecule has 4 N–H and O–H groups in total. The standard InChI is InChI=1S/C15H25N3O3/c1-3-20-10-8-18(9-11-21-4-2)14-12(15(17)19)6-5-7-13(14)16/h5-7H,3-4,8-11,16H2,1-2H3,(H2,17,19). The van der Waals surface area contributed by atoms with Gasteiger partial charge in [0.15, 0.2) is 0 Å². The van der Waals surface area contributed by atoms with Crippen LogP contribution in [0.15, 0.2) is 18.2 Å². The Morgan fingerprint density at radius 2 is 1.71 bits per heavy atom. The Labute approximate surface area is 126 Å². The van der Waals surface area contributed by atoms with Gasteiger partial charge in [-0.3, -0.25) is 4.79 Å². The van der Waals surface area contributed by atoms with E-state index >= 15 is 0 Å². The predicted octanol–water partition coefficient (Wildman–Crippen LogP) is 1.25. The maximum absolute atomic E-state index is 11.6. The van der Waals surface area contributed by atoms with Crippen molar-refractivity contribution < 1.29 is 14.3 Å². The highest BCUT2D eigenvalue weighted by Crippen LogP contribution is 2.27. The number of para-hydroxylation sites is 1. The molecule has 0 heterocycles. The van der Waals surface area contributed by atoms with Gasteiger partial charge in [-0.15, -0.1) is 0 Å². The molecule has 118 valence electrons. The highest BCUT2D eigenvalue weighted by atomic mass is 16.5. The lowest BCUT2D eigenvalue weighted by molar-refractivity contribution is 0.1000. The van der Waals surface area contributed by atoms with Gasteiger partial charge in [0.05, 0.1) is 30.2 Å². The minimum absolute atomic E-state index is 0.419. The summed E-state index contributed by atoms with van der Waals surface area (Å²) in [5.41, 5.74) is 13.1. The third-order valence-electron chi connectivity index (χ3n) is 3.07. The number of hydrogen-bond donors (Lipinski definition) is 2. The summed E-state index contributed by atoms with van der Waals surface area (Å²) >= 11 is 0. The number of nitrogens with two attached hydrogens (primary N) is 2. The van der Waals surface area contributed by atoms with Crippen molar-refractivity contribution in [2.75, 3.05) is 50.2 Å². The van der Waals surface area contributed by atoms with E-state index in [4.69, 9.17) is 20.9 Å². The molecule has 0 aliphatic rings. The van der Waals surface area contributed by atoms with Crippen LogP contribution in [0.25, 0.3) is 0 Å². The first-order chi connectivity index (χ1) is 10.1. The molecule has 6 heteroatoms. The second-order valence-electron chi connectivity index (χ2n) is 4.49. The fraction of sp³-hybridized carbons (Fsp3) is 0.533. The predicted molar refractivity (Wildman–Crippen MR) is 84.6 cm³/mol. The summed E-state index contributed by atoms with van der Waals surface area (Å²) in [6.45, 7) is 7.51. The van der Waals surface area contributed by atoms with Crippen LogP contribution in [0.3, 0.4) is 0 Å². The third-order valence-corrected chi connectivity index (χ3v) is 3.07. The number of anilines is 2. The van der Waals surface area contributed by atoms with Gasteiger partial charge in [-0.2, -0.15) is 0 Å². The molecule has 0 aliphatic heterocycles. The topological polar surface area (TPSA) is 90.8 Å².